The number of aliphatic hydroxyl groups excluding tert-OH is 1. The first-order valence-corrected chi connectivity index (χ1v) is 26.8. The van der Waals surface area contributed by atoms with Gasteiger partial charge in [0.1, 0.15) is 29.4 Å². The van der Waals surface area contributed by atoms with Gasteiger partial charge in [-0.2, -0.15) is 0 Å². The van der Waals surface area contributed by atoms with Crippen LogP contribution in [0.1, 0.15) is 119 Å². The smallest absolute Gasteiger partial charge is 0.407 e. The summed E-state index contributed by atoms with van der Waals surface area (Å²) in [6.07, 6.45) is 6.32. The number of ether oxygens (including phenoxy) is 3. The Labute approximate surface area is 478 Å². The Morgan fingerprint density at radius 3 is 1.32 bits per heavy atom. The molecule has 14 nitrogen and oxygen atoms in total. The highest BCUT2D eigenvalue weighted by atomic mass is 35.5. The van der Waals surface area contributed by atoms with Crippen molar-refractivity contribution in [2.24, 2.45) is 0 Å². The third kappa shape index (κ3) is 19.6. The summed E-state index contributed by atoms with van der Waals surface area (Å²) in [5.41, 5.74) is 6.48. The minimum atomic E-state index is -0.652. The topological polar surface area (TPSA) is 200 Å². The molecule has 0 fully saturated rings. The number of aryl methyl sites for hydroxylation is 2. The summed E-state index contributed by atoms with van der Waals surface area (Å²) >= 11 is 5.27. The van der Waals surface area contributed by atoms with Crippen LogP contribution in [0.3, 0.4) is 0 Å². The summed E-state index contributed by atoms with van der Waals surface area (Å²) in [6.45, 7) is 14.7. The first kappa shape index (κ1) is 61.6. The second-order valence-electron chi connectivity index (χ2n) is 21.4. The van der Waals surface area contributed by atoms with Crippen molar-refractivity contribution in [3.05, 3.63) is 226 Å². The zero-order valence-corrected chi connectivity index (χ0v) is 47.7. The number of nitrogens with one attached hydrogen (secondary N) is 2. The second kappa shape index (κ2) is 29.0. The Morgan fingerprint density at radius 1 is 0.519 bits per heavy atom. The summed E-state index contributed by atoms with van der Waals surface area (Å²) in [4.78, 5) is 82.7. The number of aliphatic hydroxyl groups is 1. The first-order valence-electron chi connectivity index (χ1n) is 26.5. The third-order valence-electron chi connectivity index (χ3n) is 12.7. The lowest BCUT2D eigenvalue weighted by Crippen LogP contribution is -2.36. The van der Waals surface area contributed by atoms with Crippen LogP contribution in [-0.2, 0) is 49.9 Å². The number of esters is 1. The molecule has 3 N–H and O–H groups in total. The number of aromatic nitrogens is 2. The van der Waals surface area contributed by atoms with Crippen molar-refractivity contribution in [2.45, 2.75) is 104 Å². The molecule has 2 unspecified atom stereocenters. The molecule has 0 spiro atoms. The van der Waals surface area contributed by atoms with Crippen molar-refractivity contribution in [3.8, 4) is 0 Å². The second-order valence-corrected chi connectivity index (χ2v) is 21.7. The van der Waals surface area contributed by atoms with Gasteiger partial charge in [0.25, 0.3) is 5.24 Å². The fraction of sp³-hybridized carbons (Fsp3) is 0.273. The Balaban J connectivity index is 0.000000227. The van der Waals surface area contributed by atoms with Crippen LogP contribution >= 0.6 is 11.6 Å². The molecule has 0 saturated carbocycles. The van der Waals surface area contributed by atoms with Gasteiger partial charge in [0.15, 0.2) is 0 Å². The number of fused-ring (bicyclic) bond motifs is 2. The molecule has 15 heteroatoms. The molecule has 2 amide bonds. The number of rotatable bonds is 17. The molecule has 2 aromatic heterocycles. The summed E-state index contributed by atoms with van der Waals surface area (Å²) in [5.74, 6) is -1.56. The van der Waals surface area contributed by atoms with Crippen LogP contribution in [0.25, 0.3) is 21.5 Å². The lowest BCUT2D eigenvalue weighted by molar-refractivity contribution is -0.120. The van der Waals surface area contributed by atoms with Crippen LogP contribution in [0.2, 0.25) is 0 Å². The van der Waals surface area contributed by atoms with E-state index in [2.05, 4.69) is 20.6 Å². The van der Waals surface area contributed by atoms with Gasteiger partial charge in [-0.3, -0.25) is 24.4 Å². The average Bonchev–Trinajstić information content (AvgIpc) is 3.48. The van der Waals surface area contributed by atoms with E-state index in [0.717, 1.165) is 66.1 Å². The number of alkyl carbamates (subject to hydrolysis) is 2. The SMILES string of the molecule is CC(C)(C)OC(=O)NCC(C(=O)Cc1ccc2cnccc2c1)c1ccc(CO)cc1.Cc1ccccc1C(=O)Cl.Cc1ccccc1C(=O)OCc1ccc(C(CNC(=O)OC(C)(C)C)C(=O)Cc2ccc3cnccc3c2)cc1. The number of hydrogen-bond donors (Lipinski definition) is 3. The molecule has 6 aromatic carbocycles. The molecule has 420 valence electrons. The van der Waals surface area contributed by atoms with Crippen molar-refractivity contribution >= 4 is 68.1 Å². The van der Waals surface area contributed by atoms with Crippen molar-refractivity contribution < 1.29 is 48.1 Å². The zero-order valence-electron chi connectivity index (χ0n) is 47.0. The van der Waals surface area contributed by atoms with Crippen molar-refractivity contribution in [3.63, 3.8) is 0 Å². The summed E-state index contributed by atoms with van der Waals surface area (Å²) in [5, 5.41) is 18.4. The molecule has 0 bridgehead atoms. The highest BCUT2D eigenvalue weighted by Crippen LogP contribution is 2.25. The first-order chi connectivity index (χ1) is 38.5. The number of halogens is 1. The van der Waals surface area contributed by atoms with Gasteiger partial charge in [-0.15, -0.1) is 0 Å². The fourth-order valence-corrected chi connectivity index (χ4v) is 8.70. The van der Waals surface area contributed by atoms with Gasteiger partial charge >= 0.3 is 18.2 Å². The maximum Gasteiger partial charge on any atom is 0.407 e. The van der Waals surface area contributed by atoms with Gasteiger partial charge in [0, 0.05) is 67.1 Å². The quantitative estimate of drug-likeness (QED) is 0.0443. The molecule has 0 saturated heterocycles. The van der Waals surface area contributed by atoms with Gasteiger partial charge < -0.3 is 30.0 Å². The predicted octanol–water partition coefficient (Wildman–Crippen LogP) is 12.8. The molecule has 2 atom stereocenters. The zero-order chi connectivity index (χ0) is 58.7. The van der Waals surface area contributed by atoms with E-state index < -0.39 is 40.5 Å². The average molecular weight is 1110 g/mol. The van der Waals surface area contributed by atoms with Crippen molar-refractivity contribution in [1.29, 1.82) is 0 Å². The molecule has 8 rings (SSSR count). The van der Waals surface area contributed by atoms with E-state index in [9.17, 15) is 33.9 Å². The van der Waals surface area contributed by atoms with Gasteiger partial charge in [-0.25, -0.2) is 14.4 Å². The van der Waals surface area contributed by atoms with E-state index in [0.29, 0.717) is 11.1 Å². The van der Waals surface area contributed by atoms with E-state index in [1.807, 2.05) is 123 Å². The molecular weight excluding hydrogens is 1040 g/mol. The molecule has 0 aliphatic carbocycles. The number of ketones is 2. The predicted molar refractivity (Wildman–Crippen MR) is 315 cm³/mol. The molecule has 0 aliphatic rings. The van der Waals surface area contributed by atoms with E-state index in [-0.39, 0.29) is 56.7 Å². The Bertz CT molecular complexity index is 3460. The van der Waals surface area contributed by atoms with Crippen LogP contribution < -0.4 is 10.6 Å². The molecule has 0 radical (unpaired) electrons. The molecule has 81 heavy (non-hydrogen) atoms. The largest absolute Gasteiger partial charge is 0.457 e. The Morgan fingerprint density at radius 2 is 0.926 bits per heavy atom. The van der Waals surface area contributed by atoms with Crippen LogP contribution in [0.5, 0.6) is 0 Å². The molecular formula is C66H69ClN4O10. The monoisotopic (exact) mass is 1110 g/mol. The van der Waals surface area contributed by atoms with Gasteiger partial charge in [-0.1, -0.05) is 121 Å². The van der Waals surface area contributed by atoms with Crippen LogP contribution in [0.4, 0.5) is 9.59 Å². The van der Waals surface area contributed by atoms with E-state index in [1.165, 1.54) is 0 Å². The number of carbonyl (C=O) groups excluding carboxylic acids is 6. The van der Waals surface area contributed by atoms with Gasteiger partial charge in [0.05, 0.1) is 24.0 Å². The number of nitrogens with zero attached hydrogens (tertiary/aromatic N) is 2. The van der Waals surface area contributed by atoms with E-state index in [4.69, 9.17) is 25.8 Å². The maximum absolute atomic E-state index is 13.6. The summed E-state index contributed by atoms with van der Waals surface area (Å²) in [6, 6.07) is 44.6. The maximum atomic E-state index is 13.6. The lowest BCUT2D eigenvalue weighted by atomic mass is 9.90. The number of benzene rings is 6. The van der Waals surface area contributed by atoms with Gasteiger partial charge in [-0.05, 0) is 147 Å². The molecule has 2 heterocycles. The molecule has 8 aromatic rings. The van der Waals surface area contributed by atoms with Crippen LogP contribution in [0.15, 0.2) is 170 Å². The number of amides is 2. The van der Waals surface area contributed by atoms with E-state index in [1.54, 1.807) is 103 Å². The van der Waals surface area contributed by atoms with Crippen molar-refractivity contribution in [1.82, 2.24) is 20.6 Å². The Hall–Kier alpha value is -8.59. The van der Waals surface area contributed by atoms with Gasteiger partial charge in [0.2, 0.25) is 0 Å². The minimum Gasteiger partial charge on any atom is -0.457 e. The lowest BCUT2D eigenvalue weighted by Gasteiger charge is -2.22. The number of pyridine rings is 2. The van der Waals surface area contributed by atoms with Crippen LogP contribution in [-0.4, -0.2) is 74.3 Å². The number of hydrogen-bond acceptors (Lipinski definition) is 12. The normalized spacial score (nSPS) is 11.8. The number of Topliss-reactive ketones (excluding diaryl/α,β-unsaturated/α-hetero) is 2. The third-order valence-corrected chi connectivity index (χ3v) is 12.9. The summed E-state index contributed by atoms with van der Waals surface area (Å²) < 4.78 is 16.2. The summed E-state index contributed by atoms with van der Waals surface area (Å²) in [7, 11) is 0. The Kier molecular flexibility index (Phi) is 22.1. The standard InChI is InChI=1S/C33H34N2O5.C25H28N2O4.C8H7ClO/c1-22-7-5-6-8-28(22)31(37)39-21-23-9-12-25(13-10-23)29(20-35-32(38)40-33(2,3)4)30(36)18-24-11-14-27-19-34-16-15-26(27)17-24;1-25(2,3)31-24(30)27-15-22(19-7-4-17(16-28)5-8-19)23(29)13-18-6-9-21-14-26-11-10-20(21)12-18;1-6-4-2-3-5-7(6)8(9)10/h5-17,19,29H,18,20-21H2,1-4H3,(H,35,38);4-12,14,22,28H,13,15-16H2,1-3H3,(H,27,30);2-5H,1H3. The fourth-order valence-electron chi connectivity index (χ4n) is 8.49. The minimum absolute atomic E-state index is 0.0128. The van der Waals surface area contributed by atoms with Crippen molar-refractivity contribution in [2.75, 3.05) is 13.1 Å². The molecule has 0 aliphatic heterocycles. The highest BCUT2D eigenvalue weighted by molar-refractivity contribution is 6.67. The highest BCUT2D eigenvalue weighted by Gasteiger charge is 2.26. The number of carbonyl (C=O) groups is 6. The van der Waals surface area contributed by atoms with E-state index >= 15 is 0 Å². The van der Waals surface area contributed by atoms with Crippen LogP contribution in [0, 0.1) is 13.8 Å².